The predicted octanol–water partition coefficient (Wildman–Crippen LogP) is 0.107. The first-order valence-electron chi connectivity index (χ1n) is 6.71. The number of amides is 1. The van der Waals surface area contributed by atoms with Crippen LogP contribution in [0.15, 0.2) is 18.5 Å². The molecule has 0 aromatic carbocycles. The van der Waals surface area contributed by atoms with Gasteiger partial charge in [0.2, 0.25) is 0 Å². The molecule has 1 saturated heterocycles. The van der Waals surface area contributed by atoms with Crippen LogP contribution in [0.5, 0.6) is 0 Å². The van der Waals surface area contributed by atoms with Crippen molar-refractivity contribution in [2.75, 3.05) is 33.3 Å². The van der Waals surface area contributed by atoms with Gasteiger partial charge in [0.05, 0.1) is 11.1 Å². The van der Waals surface area contributed by atoms with Crippen LogP contribution in [0.2, 0.25) is 0 Å². The fraction of sp³-hybridized carbons (Fsp3) is 0.467. The molecule has 106 valence electrons. The SMILES string of the molecule is CN1CCC(CNC(=O)c2ccncc2C#CCO)C1. The molecule has 0 spiro atoms. The van der Waals surface area contributed by atoms with Crippen LogP contribution >= 0.6 is 0 Å². The molecule has 1 fully saturated rings. The van der Waals surface area contributed by atoms with Crippen molar-refractivity contribution in [1.82, 2.24) is 15.2 Å². The summed E-state index contributed by atoms with van der Waals surface area (Å²) in [5.41, 5.74) is 1.05. The number of nitrogens with one attached hydrogen (secondary N) is 1. The van der Waals surface area contributed by atoms with E-state index in [1.165, 1.54) is 0 Å². The molecule has 2 N–H and O–H groups in total. The fourth-order valence-corrected chi connectivity index (χ4v) is 2.35. The van der Waals surface area contributed by atoms with E-state index in [1.54, 1.807) is 18.5 Å². The van der Waals surface area contributed by atoms with Crippen molar-refractivity contribution < 1.29 is 9.90 Å². The molecule has 0 aliphatic carbocycles. The Hall–Kier alpha value is -1.90. The number of aliphatic hydroxyl groups excluding tert-OH is 1. The Kier molecular flexibility index (Phi) is 5.10. The van der Waals surface area contributed by atoms with Crippen LogP contribution in [-0.4, -0.2) is 54.2 Å². The lowest BCUT2D eigenvalue weighted by molar-refractivity contribution is 0.0947. The summed E-state index contributed by atoms with van der Waals surface area (Å²) < 4.78 is 0. The minimum absolute atomic E-state index is 0.135. The number of carbonyl (C=O) groups excluding carboxylic acids is 1. The van der Waals surface area contributed by atoms with Crippen LogP contribution in [0.3, 0.4) is 0 Å². The first kappa shape index (κ1) is 14.5. The summed E-state index contributed by atoms with van der Waals surface area (Å²) in [6.45, 7) is 2.56. The topological polar surface area (TPSA) is 65.5 Å². The Morgan fingerprint density at radius 3 is 3.20 bits per heavy atom. The highest BCUT2D eigenvalue weighted by Crippen LogP contribution is 2.13. The number of aromatic nitrogens is 1. The van der Waals surface area contributed by atoms with Gasteiger partial charge in [0.1, 0.15) is 6.61 Å². The molecule has 1 unspecified atom stereocenters. The van der Waals surface area contributed by atoms with E-state index in [4.69, 9.17) is 5.11 Å². The number of hydrogen-bond acceptors (Lipinski definition) is 4. The molecule has 2 rings (SSSR count). The molecule has 0 radical (unpaired) electrons. The van der Waals surface area contributed by atoms with E-state index in [-0.39, 0.29) is 12.5 Å². The Bertz CT molecular complexity index is 533. The third-order valence-corrected chi connectivity index (χ3v) is 3.41. The Morgan fingerprint density at radius 1 is 1.65 bits per heavy atom. The van der Waals surface area contributed by atoms with Crippen molar-refractivity contribution in [2.24, 2.45) is 5.92 Å². The van der Waals surface area contributed by atoms with Crippen LogP contribution in [-0.2, 0) is 0 Å². The third kappa shape index (κ3) is 3.80. The smallest absolute Gasteiger partial charge is 0.252 e. The number of rotatable bonds is 3. The van der Waals surface area contributed by atoms with Gasteiger partial charge < -0.3 is 15.3 Å². The second-order valence-corrected chi connectivity index (χ2v) is 5.01. The molecular weight excluding hydrogens is 254 g/mol. The average molecular weight is 273 g/mol. The van der Waals surface area contributed by atoms with E-state index >= 15 is 0 Å². The molecule has 0 saturated carbocycles. The van der Waals surface area contributed by atoms with Crippen molar-refractivity contribution in [3.05, 3.63) is 29.6 Å². The molecule has 1 aromatic heterocycles. The molecule has 1 amide bonds. The zero-order valence-corrected chi connectivity index (χ0v) is 11.6. The largest absolute Gasteiger partial charge is 0.384 e. The highest BCUT2D eigenvalue weighted by molar-refractivity contribution is 5.96. The number of pyridine rings is 1. The Morgan fingerprint density at radius 2 is 2.50 bits per heavy atom. The van der Waals surface area contributed by atoms with E-state index in [0.717, 1.165) is 19.5 Å². The zero-order chi connectivity index (χ0) is 14.4. The number of hydrogen-bond donors (Lipinski definition) is 2. The number of carbonyl (C=O) groups is 1. The number of aliphatic hydroxyl groups is 1. The molecule has 1 aliphatic rings. The van der Waals surface area contributed by atoms with E-state index < -0.39 is 0 Å². The Labute approximate surface area is 119 Å². The summed E-state index contributed by atoms with van der Waals surface area (Å²) in [4.78, 5) is 18.4. The lowest BCUT2D eigenvalue weighted by atomic mass is 10.1. The Balaban J connectivity index is 1.98. The van der Waals surface area contributed by atoms with E-state index in [1.807, 2.05) is 0 Å². The van der Waals surface area contributed by atoms with Crippen molar-refractivity contribution >= 4 is 5.91 Å². The summed E-state index contributed by atoms with van der Waals surface area (Å²) in [6.07, 6.45) is 4.23. The number of likely N-dealkylation sites (tertiary alicyclic amines) is 1. The summed E-state index contributed by atoms with van der Waals surface area (Å²) in [6, 6.07) is 1.65. The molecule has 20 heavy (non-hydrogen) atoms. The molecule has 0 bridgehead atoms. The van der Waals surface area contributed by atoms with E-state index in [0.29, 0.717) is 23.6 Å². The first-order chi connectivity index (χ1) is 9.70. The second-order valence-electron chi connectivity index (χ2n) is 5.01. The maximum Gasteiger partial charge on any atom is 0.252 e. The van der Waals surface area contributed by atoms with Gasteiger partial charge in [-0.25, -0.2) is 0 Å². The van der Waals surface area contributed by atoms with Gasteiger partial charge in [-0.1, -0.05) is 11.8 Å². The normalized spacial score (nSPS) is 18.4. The summed E-state index contributed by atoms with van der Waals surface area (Å²) in [5.74, 6) is 5.67. The molecule has 5 heteroatoms. The maximum atomic E-state index is 12.2. The quantitative estimate of drug-likeness (QED) is 0.767. The lowest BCUT2D eigenvalue weighted by Crippen LogP contribution is -2.31. The van der Waals surface area contributed by atoms with Gasteiger partial charge in [-0.3, -0.25) is 9.78 Å². The highest BCUT2D eigenvalue weighted by Gasteiger charge is 2.20. The van der Waals surface area contributed by atoms with Crippen molar-refractivity contribution in [3.63, 3.8) is 0 Å². The van der Waals surface area contributed by atoms with Crippen LogP contribution in [0.25, 0.3) is 0 Å². The maximum absolute atomic E-state index is 12.2. The molecule has 1 aliphatic heterocycles. The molecule has 1 aromatic rings. The van der Waals surface area contributed by atoms with Gasteiger partial charge in [-0.2, -0.15) is 0 Å². The standard InChI is InChI=1S/C15H19N3O2/c1-18-7-5-12(11-18)9-17-15(20)14-4-6-16-10-13(14)3-2-8-19/h4,6,10,12,19H,5,7-9,11H2,1H3,(H,17,20). The average Bonchev–Trinajstić information content (AvgIpc) is 2.88. The zero-order valence-electron chi connectivity index (χ0n) is 11.6. The molecule has 1 atom stereocenters. The van der Waals surface area contributed by atoms with Crippen LogP contribution in [0.1, 0.15) is 22.3 Å². The minimum atomic E-state index is -0.232. The van der Waals surface area contributed by atoms with E-state index in [9.17, 15) is 4.79 Å². The molecule has 2 heterocycles. The summed E-state index contributed by atoms with van der Waals surface area (Å²) in [5, 5.41) is 11.7. The van der Waals surface area contributed by atoms with Crippen molar-refractivity contribution in [2.45, 2.75) is 6.42 Å². The van der Waals surface area contributed by atoms with Crippen LogP contribution in [0.4, 0.5) is 0 Å². The van der Waals surface area contributed by atoms with E-state index in [2.05, 4.69) is 34.1 Å². The monoisotopic (exact) mass is 273 g/mol. The van der Waals surface area contributed by atoms with Gasteiger partial charge in [0, 0.05) is 25.5 Å². The van der Waals surface area contributed by atoms with Crippen LogP contribution in [0, 0.1) is 17.8 Å². The van der Waals surface area contributed by atoms with Gasteiger partial charge in [-0.05, 0) is 32.0 Å². The van der Waals surface area contributed by atoms with Gasteiger partial charge in [0.15, 0.2) is 0 Å². The van der Waals surface area contributed by atoms with Crippen molar-refractivity contribution in [3.8, 4) is 11.8 Å². The van der Waals surface area contributed by atoms with Gasteiger partial charge >= 0.3 is 0 Å². The first-order valence-corrected chi connectivity index (χ1v) is 6.71. The van der Waals surface area contributed by atoms with Crippen molar-refractivity contribution in [1.29, 1.82) is 0 Å². The predicted molar refractivity (Wildman–Crippen MR) is 76.1 cm³/mol. The minimum Gasteiger partial charge on any atom is -0.384 e. The summed E-state index contributed by atoms with van der Waals surface area (Å²) >= 11 is 0. The van der Waals surface area contributed by atoms with Gasteiger partial charge in [0.25, 0.3) is 5.91 Å². The van der Waals surface area contributed by atoms with Crippen LogP contribution < -0.4 is 5.32 Å². The lowest BCUT2D eigenvalue weighted by Gasteiger charge is -2.12. The molecule has 5 nitrogen and oxygen atoms in total. The second kappa shape index (κ2) is 7.04. The van der Waals surface area contributed by atoms with Gasteiger partial charge in [-0.15, -0.1) is 0 Å². The summed E-state index contributed by atoms with van der Waals surface area (Å²) in [7, 11) is 2.09. The highest BCUT2D eigenvalue weighted by atomic mass is 16.2. The third-order valence-electron chi connectivity index (χ3n) is 3.41. The number of nitrogens with zero attached hydrogens (tertiary/aromatic N) is 2. The fourth-order valence-electron chi connectivity index (χ4n) is 2.35. The molecular formula is C15H19N3O2.